The van der Waals surface area contributed by atoms with E-state index in [2.05, 4.69) is 36.6 Å². The molecule has 1 N–H and O–H groups in total. The summed E-state index contributed by atoms with van der Waals surface area (Å²) in [7, 11) is -3.68. The van der Waals surface area contributed by atoms with Gasteiger partial charge in [-0.1, -0.05) is 49.5 Å². The van der Waals surface area contributed by atoms with Gasteiger partial charge >= 0.3 is 0 Å². The Labute approximate surface area is 139 Å². The third-order valence-corrected chi connectivity index (χ3v) is 5.42. The van der Waals surface area contributed by atoms with Crippen molar-refractivity contribution >= 4 is 59.2 Å². The summed E-state index contributed by atoms with van der Waals surface area (Å²) in [5.41, 5.74) is 1.00. The molecule has 0 aliphatic rings. The molecule has 0 spiro atoms. The van der Waals surface area contributed by atoms with Gasteiger partial charge in [0.1, 0.15) is 0 Å². The van der Waals surface area contributed by atoms with Gasteiger partial charge in [0.15, 0.2) is 0 Å². The lowest BCUT2D eigenvalue weighted by Gasteiger charge is -2.12. The Bertz CT molecular complexity index is 763. The van der Waals surface area contributed by atoms with E-state index in [9.17, 15) is 8.42 Å². The molecule has 0 radical (unpaired) electrons. The molecule has 106 valence electrons. The Hall–Kier alpha value is -0.560. The number of aryl methyl sites for hydroxylation is 1. The summed E-state index contributed by atoms with van der Waals surface area (Å²) in [6.45, 7) is 1.74. The smallest absolute Gasteiger partial charge is 0.262 e. The van der Waals surface area contributed by atoms with Crippen LogP contribution in [0.5, 0.6) is 0 Å². The summed E-state index contributed by atoms with van der Waals surface area (Å²) in [6, 6.07) is 10.1. The van der Waals surface area contributed by atoms with Gasteiger partial charge in [-0.25, -0.2) is 8.42 Å². The lowest BCUT2D eigenvalue weighted by molar-refractivity contribution is 0.600. The molecule has 0 heterocycles. The van der Waals surface area contributed by atoms with E-state index in [4.69, 9.17) is 11.6 Å². The van der Waals surface area contributed by atoms with Crippen LogP contribution < -0.4 is 4.72 Å². The van der Waals surface area contributed by atoms with Crippen molar-refractivity contribution in [3.63, 3.8) is 0 Å². The zero-order chi connectivity index (χ0) is 14.9. The quantitative estimate of drug-likeness (QED) is 0.734. The monoisotopic (exact) mass is 437 g/mol. The number of halogens is 3. The van der Waals surface area contributed by atoms with E-state index in [0.717, 1.165) is 4.47 Å². The number of anilines is 1. The first-order valence-electron chi connectivity index (χ1n) is 5.53. The molecule has 2 aromatic rings. The molecule has 0 fully saturated rings. The molecule has 0 unspecified atom stereocenters. The molecule has 20 heavy (non-hydrogen) atoms. The van der Waals surface area contributed by atoms with Crippen LogP contribution in [0.25, 0.3) is 0 Å². The second-order valence-corrected chi connectivity index (χ2v) is 8.03. The summed E-state index contributed by atoms with van der Waals surface area (Å²) in [6.07, 6.45) is 0. The number of nitrogens with one attached hydrogen (secondary N) is 1. The van der Waals surface area contributed by atoms with Crippen molar-refractivity contribution in [1.29, 1.82) is 0 Å². The minimum atomic E-state index is -3.68. The normalized spacial score (nSPS) is 11.4. The second kappa shape index (κ2) is 6.05. The highest BCUT2D eigenvalue weighted by atomic mass is 79.9. The third kappa shape index (κ3) is 3.55. The predicted molar refractivity (Wildman–Crippen MR) is 88.8 cm³/mol. The van der Waals surface area contributed by atoms with Gasteiger partial charge in [0, 0.05) is 8.95 Å². The summed E-state index contributed by atoms with van der Waals surface area (Å²) >= 11 is 12.6. The average molecular weight is 440 g/mol. The number of hydrogen-bond acceptors (Lipinski definition) is 2. The molecular formula is C13H10Br2ClNO2S. The number of sulfonamides is 1. The maximum Gasteiger partial charge on any atom is 0.262 e. The number of hydrogen-bond donors (Lipinski definition) is 1. The Morgan fingerprint density at radius 2 is 1.65 bits per heavy atom. The van der Waals surface area contributed by atoms with Crippen molar-refractivity contribution < 1.29 is 8.42 Å². The van der Waals surface area contributed by atoms with Crippen LogP contribution >= 0.6 is 43.5 Å². The van der Waals surface area contributed by atoms with Crippen molar-refractivity contribution in [2.24, 2.45) is 0 Å². The molecule has 7 heteroatoms. The highest BCUT2D eigenvalue weighted by Crippen LogP contribution is 2.29. The van der Waals surface area contributed by atoms with Crippen LogP contribution in [-0.4, -0.2) is 8.42 Å². The minimum Gasteiger partial charge on any atom is -0.278 e. The van der Waals surface area contributed by atoms with E-state index in [1.807, 2.05) is 0 Å². The van der Waals surface area contributed by atoms with Gasteiger partial charge in [-0.2, -0.15) is 0 Å². The number of benzene rings is 2. The molecule has 0 saturated carbocycles. The van der Waals surface area contributed by atoms with Crippen molar-refractivity contribution in [3.05, 3.63) is 55.9 Å². The fourth-order valence-electron chi connectivity index (χ4n) is 1.64. The van der Waals surface area contributed by atoms with Gasteiger partial charge in [0.25, 0.3) is 10.0 Å². The highest BCUT2D eigenvalue weighted by Gasteiger charge is 2.18. The maximum atomic E-state index is 12.4. The molecule has 0 atom stereocenters. The van der Waals surface area contributed by atoms with Crippen molar-refractivity contribution in [2.45, 2.75) is 11.8 Å². The van der Waals surface area contributed by atoms with Crippen molar-refractivity contribution in [2.75, 3.05) is 4.72 Å². The Kier molecular flexibility index (Phi) is 4.79. The summed E-state index contributed by atoms with van der Waals surface area (Å²) in [5.74, 6) is 0. The molecule has 0 aliphatic carbocycles. The molecular weight excluding hydrogens is 429 g/mol. The fraction of sp³-hybridized carbons (Fsp3) is 0.0769. The van der Waals surface area contributed by atoms with Gasteiger partial charge in [-0.3, -0.25) is 4.72 Å². The first-order valence-corrected chi connectivity index (χ1v) is 8.98. The van der Waals surface area contributed by atoms with Gasteiger partial charge in [0.05, 0.1) is 15.6 Å². The van der Waals surface area contributed by atoms with Gasteiger partial charge < -0.3 is 0 Å². The largest absolute Gasteiger partial charge is 0.278 e. The van der Waals surface area contributed by atoms with Crippen LogP contribution in [0.4, 0.5) is 5.69 Å². The molecule has 0 bridgehead atoms. The maximum absolute atomic E-state index is 12.4. The molecule has 0 aromatic heterocycles. The Morgan fingerprint density at radius 3 is 2.30 bits per heavy atom. The van der Waals surface area contributed by atoms with E-state index in [-0.39, 0.29) is 4.90 Å². The molecule has 0 aliphatic heterocycles. The van der Waals surface area contributed by atoms with Crippen LogP contribution in [-0.2, 0) is 10.0 Å². The van der Waals surface area contributed by atoms with Gasteiger partial charge in [-0.05, 0) is 42.8 Å². The second-order valence-electron chi connectivity index (χ2n) is 4.14. The summed E-state index contributed by atoms with van der Waals surface area (Å²) < 4.78 is 28.8. The molecule has 3 nitrogen and oxygen atoms in total. The van der Waals surface area contributed by atoms with Crippen molar-refractivity contribution in [3.8, 4) is 0 Å². The van der Waals surface area contributed by atoms with Crippen LogP contribution in [0.1, 0.15) is 5.56 Å². The van der Waals surface area contributed by atoms with Crippen LogP contribution in [0.3, 0.4) is 0 Å². The zero-order valence-electron chi connectivity index (χ0n) is 10.3. The zero-order valence-corrected chi connectivity index (χ0v) is 15.1. The van der Waals surface area contributed by atoms with Crippen LogP contribution in [0, 0.1) is 6.92 Å². The Balaban J connectivity index is 2.43. The third-order valence-electron chi connectivity index (χ3n) is 2.62. The minimum absolute atomic E-state index is 0.214. The first kappa shape index (κ1) is 15.8. The summed E-state index contributed by atoms with van der Waals surface area (Å²) in [4.78, 5) is 0.214. The average Bonchev–Trinajstić information content (AvgIpc) is 2.35. The standard InChI is InChI=1S/C13H10Br2ClNO2S/c1-8-2-3-10(15)7-13(8)20(18,19)17-12-5-4-9(14)6-11(12)16/h2-7,17H,1H3. The van der Waals surface area contributed by atoms with Crippen LogP contribution in [0.2, 0.25) is 5.02 Å². The Morgan fingerprint density at radius 1 is 1.05 bits per heavy atom. The SMILES string of the molecule is Cc1ccc(Br)cc1S(=O)(=O)Nc1ccc(Br)cc1Cl. The van der Waals surface area contributed by atoms with Gasteiger partial charge in [0.2, 0.25) is 0 Å². The van der Waals surface area contributed by atoms with E-state index >= 15 is 0 Å². The van der Waals surface area contributed by atoms with Gasteiger partial charge in [-0.15, -0.1) is 0 Å². The van der Waals surface area contributed by atoms with E-state index < -0.39 is 10.0 Å². The topological polar surface area (TPSA) is 46.2 Å². The summed E-state index contributed by atoms with van der Waals surface area (Å²) in [5, 5.41) is 0.329. The van der Waals surface area contributed by atoms with Crippen LogP contribution in [0.15, 0.2) is 50.2 Å². The number of rotatable bonds is 3. The van der Waals surface area contributed by atoms with E-state index in [0.29, 0.717) is 20.7 Å². The molecule has 2 rings (SSSR count). The molecule has 0 saturated heterocycles. The highest BCUT2D eigenvalue weighted by molar-refractivity contribution is 9.10. The predicted octanol–water partition coefficient (Wildman–Crippen LogP) is 4.97. The molecule has 2 aromatic carbocycles. The first-order chi connectivity index (χ1) is 9.29. The fourth-order valence-corrected chi connectivity index (χ4v) is 4.28. The van der Waals surface area contributed by atoms with E-state index in [1.54, 1.807) is 43.3 Å². The lowest BCUT2D eigenvalue weighted by atomic mass is 10.2. The van der Waals surface area contributed by atoms with Crippen molar-refractivity contribution in [1.82, 2.24) is 0 Å². The lowest BCUT2D eigenvalue weighted by Crippen LogP contribution is -2.14. The molecule has 0 amide bonds. The van der Waals surface area contributed by atoms with E-state index in [1.165, 1.54) is 0 Å².